The van der Waals surface area contributed by atoms with E-state index in [2.05, 4.69) is 26.7 Å². The number of hydrogen-bond acceptors (Lipinski definition) is 8. The van der Waals surface area contributed by atoms with Crippen LogP contribution in [0.5, 0.6) is 5.88 Å². The second-order valence-corrected chi connectivity index (χ2v) is 8.36. The second kappa shape index (κ2) is 8.73. The molecule has 2 aromatic rings. The average molecular weight is 411 g/mol. The number of rotatable bonds is 5. The van der Waals surface area contributed by atoms with Crippen molar-refractivity contribution in [3.8, 4) is 5.88 Å². The monoisotopic (exact) mass is 410 g/mol. The van der Waals surface area contributed by atoms with E-state index < -0.39 is 0 Å². The summed E-state index contributed by atoms with van der Waals surface area (Å²) in [7, 11) is 2.21. The zero-order valence-electron chi connectivity index (χ0n) is 17.7. The van der Waals surface area contributed by atoms with Gasteiger partial charge in [0.1, 0.15) is 12.4 Å². The Hall–Kier alpha value is -2.45. The summed E-state index contributed by atoms with van der Waals surface area (Å²) in [5.74, 6) is 2.56. The predicted octanol–water partition coefficient (Wildman–Crippen LogP) is 1.74. The van der Waals surface area contributed by atoms with E-state index in [0.29, 0.717) is 25.9 Å². The van der Waals surface area contributed by atoms with Crippen LogP contribution in [0.2, 0.25) is 0 Å². The van der Waals surface area contributed by atoms with Gasteiger partial charge in [-0.25, -0.2) is 0 Å². The van der Waals surface area contributed by atoms with Crippen LogP contribution >= 0.6 is 0 Å². The maximum atomic E-state index is 6.24. The first-order valence-electron chi connectivity index (χ1n) is 11.0. The van der Waals surface area contributed by atoms with Gasteiger partial charge in [-0.05, 0) is 45.5 Å². The molecule has 2 fully saturated rings. The van der Waals surface area contributed by atoms with Gasteiger partial charge in [-0.15, -0.1) is 0 Å². The van der Waals surface area contributed by atoms with Crippen molar-refractivity contribution >= 4 is 11.8 Å². The molecule has 0 spiro atoms. The van der Waals surface area contributed by atoms with Crippen molar-refractivity contribution in [1.29, 1.82) is 0 Å². The molecule has 0 saturated carbocycles. The normalized spacial score (nSPS) is 20.4. The van der Waals surface area contributed by atoms with Gasteiger partial charge in [0, 0.05) is 43.6 Å². The maximum Gasteiger partial charge on any atom is 0.230 e. The lowest BCUT2D eigenvalue weighted by atomic mass is 10.0. The topological polar surface area (TPSA) is 66.9 Å². The minimum Gasteiger partial charge on any atom is -0.472 e. The fraction of sp³-hybridized carbons (Fsp3) is 0.591. The highest BCUT2D eigenvalue weighted by molar-refractivity contribution is 5.60. The van der Waals surface area contributed by atoms with E-state index in [1.807, 2.05) is 18.3 Å². The SMILES string of the molecule is CN1CCC(N2CCc3c(OCc4cccnc4)nc(N4CCOCC4)nc32)CC1. The van der Waals surface area contributed by atoms with Crippen LogP contribution < -0.4 is 14.5 Å². The van der Waals surface area contributed by atoms with Gasteiger partial charge in [0.25, 0.3) is 0 Å². The Morgan fingerprint density at radius 3 is 2.70 bits per heavy atom. The van der Waals surface area contributed by atoms with Crippen molar-refractivity contribution in [3.05, 3.63) is 35.7 Å². The standard InChI is InChI=1S/C22H30N6O2/c1-26-8-4-18(5-9-26)28-10-6-19-20(28)24-22(27-11-13-29-14-12-27)25-21(19)30-16-17-3-2-7-23-15-17/h2-3,7,15,18H,4-6,8-14,16H2,1H3. The molecule has 2 saturated heterocycles. The molecule has 0 aromatic carbocycles. The van der Waals surface area contributed by atoms with E-state index in [9.17, 15) is 0 Å². The zero-order chi connectivity index (χ0) is 20.3. The molecule has 0 bridgehead atoms. The summed E-state index contributed by atoms with van der Waals surface area (Å²) in [6, 6.07) is 4.51. The number of morpholine rings is 1. The Morgan fingerprint density at radius 1 is 1.10 bits per heavy atom. The quantitative estimate of drug-likeness (QED) is 0.739. The third-order valence-corrected chi connectivity index (χ3v) is 6.33. The molecular formula is C22H30N6O2. The Kier molecular flexibility index (Phi) is 5.68. The fourth-order valence-corrected chi connectivity index (χ4v) is 4.56. The van der Waals surface area contributed by atoms with Crippen molar-refractivity contribution in [2.75, 3.05) is 62.8 Å². The van der Waals surface area contributed by atoms with Crippen LogP contribution in [0.4, 0.5) is 11.8 Å². The Balaban J connectivity index is 1.44. The van der Waals surface area contributed by atoms with Crippen LogP contribution in [0, 0.1) is 0 Å². The maximum absolute atomic E-state index is 6.24. The lowest BCUT2D eigenvalue weighted by Gasteiger charge is -2.36. The summed E-state index contributed by atoms with van der Waals surface area (Å²) in [6.07, 6.45) is 6.92. The van der Waals surface area contributed by atoms with Gasteiger partial charge in [0.2, 0.25) is 11.8 Å². The fourth-order valence-electron chi connectivity index (χ4n) is 4.56. The number of anilines is 2. The summed E-state index contributed by atoms with van der Waals surface area (Å²) in [4.78, 5) is 21.2. The van der Waals surface area contributed by atoms with Gasteiger partial charge in [-0.1, -0.05) is 6.07 Å². The molecule has 2 aromatic heterocycles. The van der Waals surface area contributed by atoms with Crippen LogP contribution in [-0.4, -0.2) is 78.9 Å². The minimum absolute atomic E-state index is 0.466. The first-order chi connectivity index (χ1) is 14.8. The van der Waals surface area contributed by atoms with E-state index in [1.165, 1.54) is 12.8 Å². The molecule has 5 heterocycles. The lowest BCUT2D eigenvalue weighted by molar-refractivity contribution is 0.122. The predicted molar refractivity (Wildman–Crippen MR) is 115 cm³/mol. The Labute approximate surface area is 177 Å². The summed E-state index contributed by atoms with van der Waals surface area (Å²) in [6.45, 7) is 6.80. The number of nitrogens with zero attached hydrogens (tertiary/aromatic N) is 6. The van der Waals surface area contributed by atoms with E-state index in [4.69, 9.17) is 19.4 Å². The molecule has 0 aliphatic carbocycles. The van der Waals surface area contributed by atoms with E-state index in [-0.39, 0.29) is 0 Å². The summed E-state index contributed by atoms with van der Waals surface area (Å²) < 4.78 is 11.8. The number of hydrogen-bond donors (Lipinski definition) is 0. The van der Waals surface area contributed by atoms with Gasteiger partial charge in [0.05, 0.1) is 18.8 Å². The molecule has 0 atom stereocenters. The number of aromatic nitrogens is 3. The van der Waals surface area contributed by atoms with Gasteiger partial charge < -0.3 is 24.2 Å². The first kappa shape index (κ1) is 19.5. The molecule has 0 amide bonds. The summed E-state index contributed by atoms with van der Waals surface area (Å²) in [5.41, 5.74) is 2.19. The Bertz CT molecular complexity index is 850. The van der Waals surface area contributed by atoms with Gasteiger partial charge in [-0.2, -0.15) is 9.97 Å². The number of ether oxygens (including phenoxy) is 2. The molecule has 5 rings (SSSR count). The second-order valence-electron chi connectivity index (χ2n) is 8.36. The highest BCUT2D eigenvalue weighted by Gasteiger charge is 2.33. The van der Waals surface area contributed by atoms with Crippen LogP contribution in [0.15, 0.2) is 24.5 Å². The smallest absolute Gasteiger partial charge is 0.230 e. The number of piperidine rings is 1. The van der Waals surface area contributed by atoms with Crippen LogP contribution in [-0.2, 0) is 17.8 Å². The summed E-state index contributed by atoms with van der Waals surface area (Å²) in [5, 5.41) is 0. The molecule has 3 aliphatic rings. The first-order valence-corrected chi connectivity index (χ1v) is 11.0. The lowest BCUT2D eigenvalue weighted by Crippen LogP contribution is -2.43. The summed E-state index contributed by atoms with van der Waals surface area (Å²) >= 11 is 0. The molecule has 160 valence electrons. The molecule has 8 nitrogen and oxygen atoms in total. The Morgan fingerprint density at radius 2 is 1.93 bits per heavy atom. The van der Waals surface area contributed by atoms with Gasteiger partial charge in [0.15, 0.2) is 0 Å². The van der Waals surface area contributed by atoms with Gasteiger partial charge >= 0.3 is 0 Å². The van der Waals surface area contributed by atoms with E-state index in [1.54, 1.807) is 6.20 Å². The van der Waals surface area contributed by atoms with Crippen LogP contribution in [0.25, 0.3) is 0 Å². The number of pyridine rings is 1. The van der Waals surface area contributed by atoms with E-state index in [0.717, 1.165) is 67.9 Å². The molecular weight excluding hydrogens is 380 g/mol. The molecule has 0 radical (unpaired) electrons. The average Bonchev–Trinajstić information content (AvgIpc) is 3.23. The molecule has 30 heavy (non-hydrogen) atoms. The number of likely N-dealkylation sites (tertiary alicyclic amines) is 1. The highest BCUT2D eigenvalue weighted by Crippen LogP contribution is 2.37. The van der Waals surface area contributed by atoms with E-state index >= 15 is 0 Å². The minimum atomic E-state index is 0.466. The highest BCUT2D eigenvalue weighted by atomic mass is 16.5. The van der Waals surface area contributed by atoms with Crippen molar-refractivity contribution in [2.45, 2.75) is 31.9 Å². The molecule has 8 heteroatoms. The van der Waals surface area contributed by atoms with Crippen molar-refractivity contribution in [1.82, 2.24) is 19.9 Å². The van der Waals surface area contributed by atoms with Crippen molar-refractivity contribution in [2.24, 2.45) is 0 Å². The van der Waals surface area contributed by atoms with Crippen molar-refractivity contribution < 1.29 is 9.47 Å². The number of fused-ring (bicyclic) bond motifs is 1. The largest absolute Gasteiger partial charge is 0.472 e. The molecule has 0 unspecified atom stereocenters. The molecule has 3 aliphatic heterocycles. The molecule has 0 N–H and O–H groups in total. The van der Waals surface area contributed by atoms with Crippen molar-refractivity contribution in [3.63, 3.8) is 0 Å². The third-order valence-electron chi connectivity index (χ3n) is 6.33. The third kappa shape index (κ3) is 4.06. The zero-order valence-corrected chi connectivity index (χ0v) is 17.7. The van der Waals surface area contributed by atoms with Crippen LogP contribution in [0.3, 0.4) is 0 Å². The van der Waals surface area contributed by atoms with Gasteiger partial charge in [-0.3, -0.25) is 4.98 Å². The van der Waals surface area contributed by atoms with Crippen LogP contribution in [0.1, 0.15) is 24.0 Å².